The Balaban J connectivity index is 3.38. The predicted molar refractivity (Wildman–Crippen MR) is 65.3 cm³/mol. The summed E-state index contributed by atoms with van der Waals surface area (Å²) in [7, 11) is 0. The van der Waals surface area contributed by atoms with Crippen molar-refractivity contribution in [3.05, 3.63) is 10.6 Å². The van der Waals surface area contributed by atoms with E-state index in [4.69, 9.17) is 0 Å². The van der Waals surface area contributed by atoms with Gasteiger partial charge in [0.05, 0.1) is 0 Å². The lowest BCUT2D eigenvalue weighted by Gasteiger charge is -2.04. The predicted octanol–water partition coefficient (Wildman–Crippen LogP) is 5.43. The lowest BCUT2D eigenvalue weighted by atomic mass is 10.0. The van der Waals surface area contributed by atoms with Crippen LogP contribution in [0.1, 0.15) is 65.2 Å². The highest BCUT2D eigenvalue weighted by atomic mass is 79.9. The molecule has 78 valence electrons. The average Bonchev–Trinajstić information content (AvgIpc) is 2.17. The minimum Gasteiger partial charge on any atom is -0.0654 e. The van der Waals surface area contributed by atoms with Crippen molar-refractivity contribution in [1.82, 2.24) is 0 Å². The summed E-state index contributed by atoms with van der Waals surface area (Å²) in [5, 5.41) is 0. The summed E-state index contributed by atoms with van der Waals surface area (Å²) < 4.78 is 0. The van der Waals surface area contributed by atoms with Crippen LogP contribution in [0.3, 0.4) is 0 Å². The largest absolute Gasteiger partial charge is 0.0654 e. The maximum absolute atomic E-state index is 3.45. The molecule has 0 spiro atoms. The van der Waals surface area contributed by atoms with Gasteiger partial charge in [-0.2, -0.15) is 0 Å². The summed E-state index contributed by atoms with van der Waals surface area (Å²) in [6.07, 6.45) is 10.7. The normalized spacial score (nSPS) is 12.1. The maximum Gasteiger partial charge on any atom is -0.0197 e. The van der Waals surface area contributed by atoms with Crippen LogP contribution in [0.15, 0.2) is 10.6 Å². The van der Waals surface area contributed by atoms with Gasteiger partial charge >= 0.3 is 0 Å². The molecule has 0 radical (unpaired) electrons. The maximum atomic E-state index is 3.45. The second-order valence-electron chi connectivity index (χ2n) is 3.68. The average molecular weight is 247 g/mol. The van der Waals surface area contributed by atoms with E-state index >= 15 is 0 Å². The number of rotatable bonds is 8. The third-order valence-corrected chi connectivity index (χ3v) is 3.00. The first kappa shape index (κ1) is 13.2. The molecule has 13 heavy (non-hydrogen) atoms. The van der Waals surface area contributed by atoms with Crippen LogP contribution >= 0.6 is 15.9 Å². The van der Waals surface area contributed by atoms with Gasteiger partial charge in [0.15, 0.2) is 0 Å². The first-order chi connectivity index (χ1) is 6.35. The zero-order valence-corrected chi connectivity index (χ0v) is 10.7. The molecule has 0 unspecified atom stereocenters. The molecule has 0 saturated heterocycles. The van der Waals surface area contributed by atoms with Crippen LogP contribution in [0.2, 0.25) is 0 Å². The molecular weight excluding hydrogens is 224 g/mol. The lowest BCUT2D eigenvalue weighted by molar-refractivity contribution is 0.646. The van der Waals surface area contributed by atoms with E-state index in [0.29, 0.717) is 0 Å². The van der Waals surface area contributed by atoms with Crippen LogP contribution in [0.5, 0.6) is 0 Å². The summed E-state index contributed by atoms with van der Waals surface area (Å²) in [5.41, 5.74) is 1.60. The van der Waals surface area contributed by atoms with Gasteiger partial charge in [0, 0.05) is 0 Å². The Bertz CT molecular complexity index is 127. The van der Waals surface area contributed by atoms with Crippen molar-refractivity contribution >= 4 is 15.9 Å². The fourth-order valence-corrected chi connectivity index (χ4v) is 1.87. The molecule has 1 heteroatoms. The molecule has 0 nitrogen and oxygen atoms in total. The topological polar surface area (TPSA) is 0 Å². The molecular formula is C12H23Br. The van der Waals surface area contributed by atoms with Crippen molar-refractivity contribution in [3.8, 4) is 0 Å². The summed E-state index contributed by atoms with van der Waals surface area (Å²) >= 11 is 3.45. The smallest absolute Gasteiger partial charge is 0.0197 e. The highest BCUT2D eigenvalue weighted by molar-refractivity contribution is 9.11. The summed E-state index contributed by atoms with van der Waals surface area (Å²) in [6.45, 7) is 4.52. The highest BCUT2D eigenvalue weighted by Gasteiger charge is 1.96. The van der Waals surface area contributed by atoms with Crippen molar-refractivity contribution in [1.29, 1.82) is 0 Å². The van der Waals surface area contributed by atoms with Crippen molar-refractivity contribution in [2.45, 2.75) is 65.2 Å². The SMILES string of the molecule is CCCCCCC(=CBr)CCCC. The van der Waals surface area contributed by atoms with Gasteiger partial charge in [0.25, 0.3) is 0 Å². The number of unbranched alkanes of at least 4 members (excludes halogenated alkanes) is 4. The lowest BCUT2D eigenvalue weighted by Crippen LogP contribution is -1.84. The molecule has 0 fully saturated rings. The Labute approximate surface area is 91.9 Å². The molecule has 0 aliphatic heterocycles. The van der Waals surface area contributed by atoms with E-state index in [2.05, 4.69) is 34.8 Å². The van der Waals surface area contributed by atoms with Crippen LogP contribution in [-0.2, 0) is 0 Å². The molecule has 0 aliphatic rings. The van der Waals surface area contributed by atoms with Gasteiger partial charge in [-0.05, 0) is 30.7 Å². The molecule has 0 saturated carbocycles. The summed E-state index contributed by atoms with van der Waals surface area (Å²) in [6, 6.07) is 0. The molecule has 0 atom stereocenters. The Morgan fingerprint density at radius 1 is 0.923 bits per heavy atom. The fraction of sp³-hybridized carbons (Fsp3) is 0.833. The third-order valence-electron chi connectivity index (χ3n) is 2.36. The van der Waals surface area contributed by atoms with Crippen molar-refractivity contribution < 1.29 is 0 Å². The van der Waals surface area contributed by atoms with E-state index in [0.717, 1.165) is 0 Å². The molecule has 0 rings (SSSR count). The van der Waals surface area contributed by atoms with Gasteiger partial charge in [-0.15, -0.1) is 0 Å². The van der Waals surface area contributed by atoms with Crippen molar-refractivity contribution in [2.75, 3.05) is 0 Å². The Hall–Kier alpha value is 0.220. The molecule has 0 aliphatic carbocycles. The van der Waals surface area contributed by atoms with E-state index in [9.17, 15) is 0 Å². The number of allylic oxidation sites excluding steroid dienone is 1. The number of halogens is 1. The Morgan fingerprint density at radius 3 is 2.08 bits per heavy atom. The third kappa shape index (κ3) is 8.55. The van der Waals surface area contributed by atoms with Gasteiger partial charge in [-0.1, -0.05) is 61.0 Å². The molecule has 0 aromatic heterocycles. The van der Waals surface area contributed by atoms with Crippen LogP contribution < -0.4 is 0 Å². The summed E-state index contributed by atoms with van der Waals surface area (Å²) in [4.78, 5) is 2.13. The zero-order valence-electron chi connectivity index (χ0n) is 9.11. The Kier molecular flexibility index (Phi) is 10.5. The fourth-order valence-electron chi connectivity index (χ4n) is 1.42. The van der Waals surface area contributed by atoms with E-state index < -0.39 is 0 Å². The van der Waals surface area contributed by atoms with Gasteiger partial charge in [0.2, 0.25) is 0 Å². The quantitative estimate of drug-likeness (QED) is 0.502. The summed E-state index contributed by atoms with van der Waals surface area (Å²) in [5.74, 6) is 0. The highest BCUT2D eigenvalue weighted by Crippen LogP contribution is 2.17. The number of hydrogen-bond acceptors (Lipinski definition) is 0. The van der Waals surface area contributed by atoms with Crippen LogP contribution in [-0.4, -0.2) is 0 Å². The van der Waals surface area contributed by atoms with Crippen LogP contribution in [0.4, 0.5) is 0 Å². The van der Waals surface area contributed by atoms with E-state index in [-0.39, 0.29) is 0 Å². The van der Waals surface area contributed by atoms with Gasteiger partial charge < -0.3 is 0 Å². The molecule has 0 amide bonds. The minimum absolute atomic E-state index is 1.29. The monoisotopic (exact) mass is 246 g/mol. The van der Waals surface area contributed by atoms with E-state index in [1.165, 1.54) is 51.4 Å². The molecule has 0 aromatic carbocycles. The van der Waals surface area contributed by atoms with Gasteiger partial charge in [-0.3, -0.25) is 0 Å². The molecule has 0 N–H and O–H groups in total. The van der Waals surface area contributed by atoms with E-state index in [1.807, 2.05) is 0 Å². The molecule has 0 bridgehead atoms. The first-order valence-corrected chi connectivity index (χ1v) is 6.54. The Morgan fingerprint density at radius 2 is 1.54 bits per heavy atom. The van der Waals surface area contributed by atoms with Gasteiger partial charge in [0.1, 0.15) is 0 Å². The second-order valence-corrected chi connectivity index (χ2v) is 4.14. The van der Waals surface area contributed by atoms with Crippen molar-refractivity contribution in [3.63, 3.8) is 0 Å². The standard InChI is InChI=1S/C12H23Br/c1-3-5-7-8-10-12(11-13)9-6-4-2/h11H,3-10H2,1-2H3. The zero-order chi connectivity index (χ0) is 9.94. The minimum atomic E-state index is 1.29. The van der Waals surface area contributed by atoms with Crippen LogP contribution in [0.25, 0.3) is 0 Å². The van der Waals surface area contributed by atoms with Gasteiger partial charge in [-0.25, -0.2) is 0 Å². The number of hydrogen-bond donors (Lipinski definition) is 0. The first-order valence-electron chi connectivity index (χ1n) is 5.63. The molecule has 0 heterocycles. The van der Waals surface area contributed by atoms with Crippen LogP contribution in [0, 0.1) is 0 Å². The van der Waals surface area contributed by atoms with Crippen molar-refractivity contribution in [2.24, 2.45) is 0 Å². The van der Waals surface area contributed by atoms with E-state index in [1.54, 1.807) is 5.57 Å². The molecule has 0 aromatic rings. The second kappa shape index (κ2) is 10.3.